The number of esters is 1. The van der Waals surface area contributed by atoms with Gasteiger partial charge < -0.3 is 9.72 Å². The number of ether oxygens (including phenoxy) is 1. The quantitative estimate of drug-likeness (QED) is 0.856. The summed E-state index contributed by atoms with van der Waals surface area (Å²) in [6, 6.07) is 1.35. The van der Waals surface area contributed by atoms with Crippen molar-refractivity contribution in [1.29, 1.82) is 0 Å². The number of hydrogen-bond acceptors (Lipinski definition) is 4. The van der Waals surface area contributed by atoms with Crippen molar-refractivity contribution in [2.24, 2.45) is 0 Å². The maximum atomic E-state index is 11.9. The molecule has 0 atom stereocenters. The van der Waals surface area contributed by atoms with Gasteiger partial charge in [-0.1, -0.05) is 0 Å². The highest BCUT2D eigenvalue weighted by atomic mass is 16.5. The average Bonchev–Trinajstić information content (AvgIpc) is 2.66. The predicted octanol–water partition coefficient (Wildman–Crippen LogP) is 1.79. The van der Waals surface area contributed by atoms with E-state index in [0.717, 1.165) is 0 Å². The number of rotatable bonds is 3. The van der Waals surface area contributed by atoms with Crippen LogP contribution in [-0.2, 0) is 4.74 Å². The number of H-pyrrole nitrogens is 1. The number of aromatic amines is 1. The molecule has 1 N–H and O–H groups in total. The average molecular weight is 263 g/mol. The number of carbonyl (C=O) groups is 1. The normalized spacial score (nSPS) is 11.2. The monoisotopic (exact) mass is 263 g/mol. The maximum absolute atomic E-state index is 11.9. The van der Waals surface area contributed by atoms with E-state index >= 15 is 0 Å². The molecule has 2 aromatic rings. The van der Waals surface area contributed by atoms with Crippen LogP contribution in [0.25, 0.3) is 11.0 Å². The van der Waals surface area contributed by atoms with Crippen LogP contribution in [0.15, 0.2) is 10.9 Å². The molecule has 6 heteroatoms. The van der Waals surface area contributed by atoms with Gasteiger partial charge in [-0.2, -0.15) is 5.10 Å². The molecule has 2 aromatic heterocycles. The summed E-state index contributed by atoms with van der Waals surface area (Å²) in [5.74, 6) is -0.495. The van der Waals surface area contributed by atoms with Crippen molar-refractivity contribution in [3.63, 3.8) is 0 Å². The van der Waals surface area contributed by atoms with Crippen molar-refractivity contribution in [3.8, 4) is 0 Å². The lowest BCUT2D eigenvalue weighted by Gasteiger charge is -2.07. The second-order valence-corrected chi connectivity index (χ2v) is 4.62. The van der Waals surface area contributed by atoms with Crippen molar-refractivity contribution in [1.82, 2.24) is 14.8 Å². The molecule has 102 valence electrons. The molecular formula is C13H17N3O3. The van der Waals surface area contributed by atoms with Gasteiger partial charge in [-0.3, -0.25) is 4.79 Å². The van der Waals surface area contributed by atoms with E-state index in [-0.39, 0.29) is 23.8 Å². The Bertz CT molecular complexity index is 682. The van der Waals surface area contributed by atoms with Crippen molar-refractivity contribution in [3.05, 3.63) is 27.7 Å². The minimum absolute atomic E-state index is 0.0873. The summed E-state index contributed by atoms with van der Waals surface area (Å²) in [4.78, 5) is 26.4. The number of nitrogens with zero attached hydrogens (tertiary/aromatic N) is 2. The van der Waals surface area contributed by atoms with E-state index in [2.05, 4.69) is 10.1 Å². The fourth-order valence-electron chi connectivity index (χ4n) is 2.09. The topological polar surface area (TPSA) is 77.0 Å². The number of pyridine rings is 1. The van der Waals surface area contributed by atoms with Crippen molar-refractivity contribution in [2.45, 2.75) is 33.7 Å². The molecule has 0 unspecified atom stereocenters. The van der Waals surface area contributed by atoms with Crippen LogP contribution in [0, 0.1) is 6.92 Å². The standard InChI is InChI=1S/C13H17N3O3/c1-5-19-13(18)9-6-10(17)14-12-11(9)8(4)15-16(12)7(2)3/h6-7H,5H2,1-4H3,(H,14,17). The molecule has 0 spiro atoms. The highest BCUT2D eigenvalue weighted by molar-refractivity contribution is 6.03. The summed E-state index contributed by atoms with van der Waals surface area (Å²) in [5.41, 5.74) is 1.19. The molecule has 0 radical (unpaired) electrons. The molecule has 2 heterocycles. The second-order valence-electron chi connectivity index (χ2n) is 4.62. The zero-order valence-electron chi connectivity index (χ0n) is 11.5. The van der Waals surface area contributed by atoms with Crippen molar-refractivity contribution in [2.75, 3.05) is 6.61 Å². The van der Waals surface area contributed by atoms with Crippen LogP contribution in [0.3, 0.4) is 0 Å². The first-order chi connectivity index (χ1) is 8.95. The van der Waals surface area contributed by atoms with E-state index in [1.165, 1.54) is 6.07 Å². The molecule has 0 aromatic carbocycles. The van der Waals surface area contributed by atoms with Crippen LogP contribution in [0.2, 0.25) is 0 Å². The first-order valence-electron chi connectivity index (χ1n) is 6.25. The summed E-state index contributed by atoms with van der Waals surface area (Å²) in [5, 5.41) is 5.02. The SMILES string of the molecule is CCOC(=O)c1cc(=O)[nH]c2c1c(C)nn2C(C)C. The summed E-state index contributed by atoms with van der Waals surface area (Å²) in [7, 11) is 0. The number of aryl methyl sites for hydroxylation is 1. The fourth-order valence-corrected chi connectivity index (χ4v) is 2.09. The molecule has 0 aliphatic rings. The van der Waals surface area contributed by atoms with Crippen LogP contribution in [-0.4, -0.2) is 27.3 Å². The van der Waals surface area contributed by atoms with E-state index in [9.17, 15) is 9.59 Å². The molecular weight excluding hydrogens is 246 g/mol. The van der Waals surface area contributed by atoms with Crippen LogP contribution >= 0.6 is 0 Å². The van der Waals surface area contributed by atoms with Crippen LogP contribution in [0.1, 0.15) is 42.9 Å². The number of nitrogens with one attached hydrogen (secondary N) is 1. The Morgan fingerprint density at radius 3 is 2.79 bits per heavy atom. The Labute approximate surface area is 110 Å². The molecule has 0 saturated heterocycles. The third-order valence-corrected chi connectivity index (χ3v) is 2.86. The van der Waals surface area contributed by atoms with Gasteiger partial charge in [0.05, 0.1) is 23.3 Å². The van der Waals surface area contributed by atoms with Gasteiger partial charge in [0.25, 0.3) is 0 Å². The molecule has 19 heavy (non-hydrogen) atoms. The molecule has 0 aliphatic carbocycles. The van der Waals surface area contributed by atoms with Gasteiger partial charge in [0.1, 0.15) is 5.65 Å². The van der Waals surface area contributed by atoms with E-state index in [1.54, 1.807) is 11.6 Å². The van der Waals surface area contributed by atoms with Gasteiger partial charge in [-0.25, -0.2) is 9.48 Å². The van der Waals surface area contributed by atoms with E-state index < -0.39 is 5.97 Å². The highest BCUT2D eigenvalue weighted by Gasteiger charge is 2.19. The van der Waals surface area contributed by atoms with Crippen molar-refractivity contribution < 1.29 is 9.53 Å². The van der Waals surface area contributed by atoms with Gasteiger partial charge in [-0.05, 0) is 27.7 Å². The molecule has 0 bridgehead atoms. The zero-order chi connectivity index (χ0) is 14.2. The number of aromatic nitrogens is 3. The third kappa shape index (κ3) is 2.25. The van der Waals surface area contributed by atoms with E-state index in [1.807, 2.05) is 20.8 Å². The molecule has 0 saturated carbocycles. The number of hydrogen-bond donors (Lipinski definition) is 1. The van der Waals surface area contributed by atoms with E-state index in [0.29, 0.717) is 16.7 Å². The summed E-state index contributed by atoms with van der Waals surface area (Å²) < 4.78 is 6.69. The van der Waals surface area contributed by atoms with Gasteiger partial charge in [0.2, 0.25) is 5.56 Å². The smallest absolute Gasteiger partial charge is 0.339 e. The van der Waals surface area contributed by atoms with Gasteiger partial charge in [-0.15, -0.1) is 0 Å². The first-order valence-corrected chi connectivity index (χ1v) is 6.25. The number of carbonyl (C=O) groups excluding carboxylic acids is 1. The van der Waals surface area contributed by atoms with Gasteiger partial charge in [0.15, 0.2) is 0 Å². The molecule has 0 fully saturated rings. The Morgan fingerprint density at radius 2 is 2.21 bits per heavy atom. The fraction of sp³-hybridized carbons (Fsp3) is 0.462. The number of fused-ring (bicyclic) bond motifs is 1. The second kappa shape index (κ2) is 4.87. The molecule has 6 nitrogen and oxygen atoms in total. The Kier molecular flexibility index (Phi) is 3.42. The van der Waals surface area contributed by atoms with E-state index in [4.69, 9.17) is 4.74 Å². The third-order valence-electron chi connectivity index (χ3n) is 2.86. The summed E-state index contributed by atoms with van der Waals surface area (Å²) >= 11 is 0. The largest absolute Gasteiger partial charge is 0.462 e. The lowest BCUT2D eigenvalue weighted by molar-refractivity contribution is 0.0528. The van der Waals surface area contributed by atoms with Crippen molar-refractivity contribution >= 4 is 17.0 Å². The highest BCUT2D eigenvalue weighted by Crippen LogP contribution is 2.22. The zero-order valence-corrected chi connectivity index (χ0v) is 11.5. The summed E-state index contributed by atoms with van der Waals surface area (Å²) in [6.45, 7) is 7.72. The summed E-state index contributed by atoms with van der Waals surface area (Å²) in [6.07, 6.45) is 0. The van der Waals surface area contributed by atoms with Crippen LogP contribution in [0.5, 0.6) is 0 Å². The lowest BCUT2D eigenvalue weighted by atomic mass is 10.1. The Hall–Kier alpha value is -2.11. The van der Waals surface area contributed by atoms with Gasteiger partial charge in [0, 0.05) is 12.1 Å². The first kappa shape index (κ1) is 13.3. The minimum Gasteiger partial charge on any atom is -0.462 e. The van der Waals surface area contributed by atoms with Gasteiger partial charge >= 0.3 is 5.97 Å². The van der Waals surface area contributed by atoms with Crippen LogP contribution < -0.4 is 5.56 Å². The van der Waals surface area contributed by atoms with Crippen LogP contribution in [0.4, 0.5) is 0 Å². The Morgan fingerprint density at radius 1 is 1.53 bits per heavy atom. The molecule has 0 amide bonds. The lowest BCUT2D eigenvalue weighted by Crippen LogP contribution is -2.14. The minimum atomic E-state index is -0.495. The maximum Gasteiger partial charge on any atom is 0.339 e. The molecule has 2 rings (SSSR count). The molecule has 0 aliphatic heterocycles. The Balaban J connectivity index is 2.78. The predicted molar refractivity (Wildman–Crippen MR) is 71.4 cm³/mol.